The highest BCUT2D eigenvalue weighted by Crippen LogP contribution is 2.33. The molecule has 1 saturated carbocycles. The molecule has 0 aliphatic heterocycles. The molecule has 5 heteroatoms. The van der Waals surface area contributed by atoms with Crippen LogP contribution in [0, 0.1) is 11.8 Å². The molecule has 1 aliphatic rings. The molecule has 0 bridgehead atoms. The van der Waals surface area contributed by atoms with E-state index in [-0.39, 0.29) is 30.5 Å². The number of carboxylic acid groups (broad SMARTS) is 1. The second-order valence-electron chi connectivity index (χ2n) is 6.84. The van der Waals surface area contributed by atoms with Gasteiger partial charge in [0.15, 0.2) is 0 Å². The Balaban J connectivity index is 2.48. The lowest BCUT2D eigenvalue weighted by Gasteiger charge is -2.16. The van der Waals surface area contributed by atoms with Crippen LogP contribution in [0.3, 0.4) is 0 Å². The zero-order valence-corrected chi connectivity index (χ0v) is 15.1. The molecule has 5 nitrogen and oxygen atoms in total. The van der Waals surface area contributed by atoms with Gasteiger partial charge >= 0.3 is 0 Å². The van der Waals surface area contributed by atoms with Gasteiger partial charge in [0.2, 0.25) is 0 Å². The van der Waals surface area contributed by atoms with Crippen LogP contribution in [0.25, 0.3) is 0 Å². The summed E-state index contributed by atoms with van der Waals surface area (Å²) in [6.07, 6.45) is 11.8. The van der Waals surface area contributed by atoms with Gasteiger partial charge < -0.3 is 20.1 Å². The molecule has 0 aromatic heterocycles. The molecular weight excluding hydrogens is 320 g/mol. The number of carbonyl (C=O) groups is 2. The summed E-state index contributed by atoms with van der Waals surface area (Å²) in [5.74, 6) is -1.54. The highest BCUT2D eigenvalue weighted by atomic mass is 16.4. The first-order valence-electron chi connectivity index (χ1n) is 9.37. The van der Waals surface area contributed by atoms with Gasteiger partial charge in [-0.1, -0.05) is 50.5 Å². The number of Topliss-reactive ketones (excluding diaryl/α,β-unsaturated/α-hetero) is 1. The van der Waals surface area contributed by atoms with E-state index >= 15 is 0 Å². The number of carbonyl (C=O) groups excluding carboxylic acids is 2. The summed E-state index contributed by atoms with van der Waals surface area (Å²) < 4.78 is 0. The number of carboxylic acids is 1. The van der Waals surface area contributed by atoms with Crippen molar-refractivity contribution in [1.82, 2.24) is 0 Å². The molecule has 142 valence electrons. The number of unbranched alkanes of at least 4 members (excludes halogenated alkanes) is 3. The fourth-order valence-electron chi connectivity index (χ4n) is 3.21. The quantitative estimate of drug-likeness (QED) is 0.413. The van der Waals surface area contributed by atoms with Gasteiger partial charge in [-0.05, 0) is 32.1 Å². The zero-order valence-electron chi connectivity index (χ0n) is 15.1. The minimum Gasteiger partial charge on any atom is -0.550 e. The fourth-order valence-corrected chi connectivity index (χ4v) is 3.21. The second kappa shape index (κ2) is 12.0. The highest BCUT2D eigenvalue weighted by molar-refractivity contribution is 5.84. The Labute approximate surface area is 150 Å². The maximum Gasteiger partial charge on any atom is 0.139 e. The monoisotopic (exact) mass is 351 g/mol. The molecular formula is C20H31O5-. The molecule has 1 unspecified atom stereocenters. The Kier molecular flexibility index (Phi) is 10.3. The Morgan fingerprint density at radius 1 is 1.32 bits per heavy atom. The largest absolute Gasteiger partial charge is 0.550 e. The first kappa shape index (κ1) is 21.6. The van der Waals surface area contributed by atoms with Crippen molar-refractivity contribution in [3.8, 4) is 0 Å². The molecule has 2 N–H and O–H groups in total. The van der Waals surface area contributed by atoms with Crippen LogP contribution in [0.4, 0.5) is 0 Å². The van der Waals surface area contributed by atoms with Crippen molar-refractivity contribution >= 4 is 11.8 Å². The summed E-state index contributed by atoms with van der Waals surface area (Å²) in [5.41, 5.74) is 0. The molecule has 0 radical (unpaired) electrons. The number of aliphatic hydroxyl groups excluding tert-OH is 2. The third kappa shape index (κ3) is 8.45. The van der Waals surface area contributed by atoms with E-state index < -0.39 is 18.2 Å². The van der Waals surface area contributed by atoms with Crippen LogP contribution in [0.1, 0.15) is 64.7 Å². The average molecular weight is 351 g/mol. The Hall–Kier alpha value is -1.46. The van der Waals surface area contributed by atoms with E-state index in [1.54, 1.807) is 12.2 Å². The van der Waals surface area contributed by atoms with E-state index in [1.165, 1.54) is 0 Å². The third-order valence-electron chi connectivity index (χ3n) is 4.70. The van der Waals surface area contributed by atoms with E-state index in [4.69, 9.17) is 0 Å². The smallest absolute Gasteiger partial charge is 0.139 e. The Bertz CT molecular complexity index is 469. The van der Waals surface area contributed by atoms with Crippen molar-refractivity contribution in [3.63, 3.8) is 0 Å². The molecule has 0 aromatic rings. The molecule has 0 heterocycles. The van der Waals surface area contributed by atoms with E-state index in [9.17, 15) is 24.9 Å². The number of rotatable bonds is 12. The lowest BCUT2D eigenvalue weighted by atomic mass is 9.90. The Morgan fingerprint density at radius 3 is 2.76 bits per heavy atom. The van der Waals surface area contributed by atoms with E-state index in [0.29, 0.717) is 25.7 Å². The summed E-state index contributed by atoms with van der Waals surface area (Å²) in [4.78, 5) is 22.4. The van der Waals surface area contributed by atoms with Gasteiger partial charge in [0.25, 0.3) is 0 Å². The van der Waals surface area contributed by atoms with Gasteiger partial charge in [-0.3, -0.25) is 4.79 Å². The topological polar surface area (TPSA) is 97.7 Å². The normalized spacial score (nSPS) is 25.2. The minimum absolute atomic E-state index is 0.0344. The number of ketones is 1. The first-order chi connectivity index (χ1) is 12.0. The number of aliphatic hydroxyl groups is 2. The van der Waals surface area contributed by atoms with Crippen LogP contribution in [0.2, 0.25) is 0 Å². The fraction of sp³-hybridized carbons (Fsp3) is 0.700. The van der Waals surface area contributed by atoms with E-state index in [0.717, 1.165) is 19.3 Å². The summed E-state index contributed by atoms with van der Waals surface area (Å²) >= 11 is 0. The molecule has 0 spiro atoms. The van der Waals surface area contributed by atoms with Crippen molar-refractivity contribution in [2.24, 2.45) is 11.8 Å². The molecule has 1 rings (SSSR count). The number of hydrogen-bond acceptors (Lipinski definition) is 5. The molecule has 0 saturated heterocycles. The van der Waals surface area contributed by atoms with Crippen LogP contribution in [0.5, 0.6) is 0 Å². The number of aliphatic carboxylic acids is 1. The van der Waals surface area contributed by atoms with Crippen LogP contribution in [0.15, 0.2) is 24.3 Å². The lowest BCUT2D eigenvalue weighted by Crippen LogP contribution is -2.21. The standard InChI is InChI=1S/C20H32O5/c1-2-3-6-9-15(21)12-13-17-16(18(22)14-19(17)23)10-7-4-5-8-11-20(24)25/h4,7,12-13,15-17,19,21,23H,2-3,5-6,8-11,14H2,1H3,(H,24,25)/p-1/b7-4-,13-12+/t15-,16?,17+,19+/m0/s1. The van der Waals surface area contributed by atoms with Crippen molar-refractivity contribution in [2.75, 3.05) is 0 Å². The van der Waals surface area contributed by atoms with Crippen LogP contribution in [-0.4, -0.2) is 34.2 Å². The average Bonchev–Trinajstić information content (AvgIpc) is 2.82. The number of allylic oxidation sites excluding steroid dienone is 2. The highest BCUT2D eigenvalue weighted by Gasteiger charge is 2.39. The van der Waals surface area contributed by atoms with Crippen molar-refractivity contribution in [2.45, 2.75) is 76.9 Å². The maximum absolute atomic E-state index is 12.1. The lowest BCUT2D eigenvalue weighted by molar-refractivity contribution is -0.305. The van der Waals surface area contributed by atoms with Gasteiger partial charge in [-0.2, -0.15) is 0 Å². The van der Waals surface area contributed by atoms with Crippen LogP contribution >= 0.6 is 0 Å². The van der Waals surface area contributed by atoms with Gasteiger partial charge in [0.05, 0.1) is 12.2 Å². The van der Waals surface area contributed by atoms with E-state index in [1.807, 2.05) is 12.2 Å². The second-order valence-corrected chi connectivity index (χ2v) is 6.84. The van der Waals surface area contributed by atoms with Crippen LogP contribution in [-0.2, 0) is 9.59 Å². The summed E-state index contributed by atoms with van der Waals surface area (Å²) in [6.45, 7) is 2.11. The minimum atomic E-state index is -1.05. The number of hydrogen-bond donors (Lipinski definition) is 2. The van der Waals surface area contributed by atoms with Gasteiger partial charge in [-0.15, -0.1) is 0 Å². The van der Waals surface area contributed by atoms with Gasteiger partial charge in [0.1, 0.15) is 5.78 Å². The summed E-state index contributed by atoms with van der Waals surface area (Å²) in [5, 5.41) is 30.4. The Morgan fingerprint density at radius 2 is 2.08 bits per heavy atom. The predicted octanol–water partition coefficient (Wildman–Crippen LogP) is 1.92. The maximum atomic E-state index is 12.1. The zero-order chi connectivity index (χ0) is 18.7. The predicted molar refractivity (Wildman–Crippen MR) is 94.5 cm³/mol. The SMILES string of the molecule is CCCCC[C@H](O)/C=C/[C@@H]1C(C/C=C\CCCC(=O)[O-])C(=O)C[C@H]1O. The first-order valence-corrected chi connectivity index (χ1v) is 9.37. The van der Waals surface area contributed by atoms with Crippen molar-refractivity contribution in [3.05, 3.63) is 24.3 Å². The molecule has 0 aromatic carbocycles. The van der Waals surface area contributed by atoms with Crippen LogP contribution < -0.4 is 5.11 Å². The summed E-state index contributed by atoms with van der Waals surface area (Å²) in [6, 6.07) is 0. The van der Waals surface area contributed by atoms with Gasteiger partial charge in [-0.25, -0.2) is 0 Å². The van der Waals surface area contributed by atoms with E-state index in [2.05, 4.69) is 6.92 Å². The molecule has 1 fully saturated rings. The molecule has 0 amide bonds. The third-order valence-corrected chi connectivity index (χ3v) is 4.70. The van der Waals surface area contributed by atoms with Crippen molar-refractivity contribution in [1.29, 1.82) is 0 Å². The van der Waals surface area contributed by atoms with Crippen molar-refractivity contribution < 1.29 is 24.9 Å². The van der Waals surface area contributed by atoms with Gasteiger partial charge in [0, 0.05) is 24.2 Å². The molecule has 1 aliphatic carbocycles. The summed E-state index contributed by atoms with van der Waals surface area (Å²) in [7, 11) is 0. The molecule has 25 heavy (non-hydrogen) atoms. The molecule has 4 atom stereocenters.